The molecule has 1 saturated carbocycles. The fourth-order valence-electron chi connectivity index (χ4n) is 1.99. The third-order valence-electron chi connectivity index (χ3n) is 3.29. The Morgan fingerprint density at radius 3 is 2.12 bits per heavy atom. The van der Waals surface area contributed by atoms with E-state index in [9.17, 15) is 14.4 Å². The molecule has 0 aromatic carbocycles. The van der Waals surface area contributed by atoms with E-state index >= 15 is 0 Å². The first-order chi connectivity index (χ1) is 8.08. The van der Waals surface area contributed by atoms with Gasteiger partial charge in [-0.3, -0.25) is 14.4 Å². The Morgan fingerprint density at radius 1 is 1.06 bits per heavy atom. The van der Waals surface area contributed by atoms with E-state index in [1.54, 1.807) is 0 Å². The lowest BCUT2D eigenvalue weighted by Gasteiger charge is -2.29. The number of nitrogens with zero attached hydrogens (tertiary/aromatic N) is 1. The van der Waals surface area contributed by atoms with Crippen LogP contribution in [0.4, 0.5) is 0 Å². The second-order valence-corrected chi connectivity index (χ2v) is 4.72. The molecule has 0 unspecified atom stereocenters. The summed E-state index contributed by atoms with van der Waals surface area (Å²) in [6, 6.07) is 0.189. The van der Waals surface area contributed by atoms with Crippen molar-refractivity contribution in [2.75, 3.05) is 13.1 Å². The maximum absolute atomic E-state index is 11.7. The van der Waals surface area contributed by atoms with Gasteiger partial charge in [-0.15, -0.1) is 0 Å². The summed E-state index contributed by atoms with van der Waals surface area (Å²) < 4.78 is 0. The molecule has 0 bridgehead atoms. The number of primary amides is 1. The van der Waals surface area contributed by atoms with Gasteiger partial charge in [0.1, 0.15) is 0 Å². The molecule has 2 rings (SSSR count). The molecular formula is C11H17N3O3. The maximum atomic E-state index is 11.7. The topological polar surface area (TPSA) is 92.5 Å². The van der Waals surface area contributed by atoms with Crippen molar-refractivity contribution in [2.45, 2.75) is 31.7 Å². The summed E-state index contributed by atoms with van der Waals surface area (Å²) in [5, 5.41) is 2.66. The molecule has 94 valence electrons. The average Bonchev–Trinajstić information content (AvgIpc) is 3.12. The minimum Gasteiger partial charge on any atom is -0.369 e. The van der Waals surface area contributed by atoms with Gasteiger partial charge in [0, 0.05) is 25.0 Å². The van der Waals surface area contributed by atoms with Crippen molar-refractivity contribution in [3.05, 3.63) is 0 Å². The van der Waals surface area contributed by atoms with Crippen LogP contribution in [0.25, 0.3) is 0 Å². The zero-order valence-electron chi connectivity index (χ0n) is 9.65. The van der Waals surface area contributed by atoms with Crippen LogP contribution in [0.3, 0.4) is 0 Å². The Labute approximate surface area is 99.5 Å². The number of hydrogen-bond acceptors (Lipinski definition) is 3. The molecule has 1 aliphatic carbocycles. The van der Waals surface area contributed by atoms with Gasteiger partial charge in [-0.2, -0.15) is 0 Å². The zero-order chi connectivity index (χ0) is 12.4. The molecule has 0 aromatic rings. The van der Waals surface area contributed by atoms with Gasteiger partial charge in [0.25, 0.3) is 0 Å². The molecular weight excluding hydrogens is 222 g/mol. The number of likely N-dealkylation sites (tertiary alicyclic amines) is 1. The van der Waals surface area contributed by atoms with Gasteiger partial charge in [0.05, 0.1) is 0 Å². The first-order valence-electron chi connectivity index (χ1n) is 5.97. The van der Waals surface area contributed by atoms with Crippen LogP contribution in [0.1, 0.15) is 25.7 Å². The molecule has 0 atom stereocenters. The molecule has 1 heterocycles. The molecule has 2 fully saturated rings. The fraction of sp³-hybridized carbons (Fsp3) is 0.727. The smallest absolute Gasteiger partial charge is 0.311 e. The number of carbonyl (C=O) groups is 3. The van der Waals surface area contributed by atoms with Crippen molar-refractivity contribution in [3.8, 4) is 0 Å². The Kier molecular flexibility index (Phi) is 3.31. The van der Waals surface area contributed by atoms with Crippen molar-refractivity contribution < 1.29 is 14.4 Å². The monoisotopic (exact) mass is 239 g/mol. The van der Waals surface area contributed by atoms with E-state index in [1.165, 1.54) is 4.90 Å². The van der Waals surface area contributed by atoms with Gasteiger partial charge in [0.15, 0.2) is 0 Å². The van der Waals surface area contributed by atoms with Crippen LogP contribution in [-0.2, 0) is 14.4 Å². The molecule has 1 aliphatic heterocycles. The highest BCUT2D eigenvalue weighted by Crippen LogP contribution is 2.19. The largest absolute Gasteiger partial charge is 0.369 e. The zero-order valence-corrected chi connectivity index (χ0v) is 9.65. The number of rotatable bonds is 2. The van der Waals surface area contributed by atoms with Crippen molar-refractivity contribution >= 4 is 17.7 Å². The van der Waals surface area contributed by atoms with Gasteiger partial charge in [0.2, 0.25) is 5.91 Å². The average molecular weight is 239 g/mol. The van der Waals surface area contributed by atoms with Gasteiger partial charge in [-0.05, 0) is 25.7 Å². The van der Waals surface area contributed by atoms with E-state index in [0.29, 0.717) is 25.9 Å². The normalized spacial score (nSPS) is 21.1. The van der Waals surface area contributed by atoms with Gasteiger partial charge < -0.3 is 16.0 Å². The Hall–Kier alpha value is -1.59. The minimum absolute atomic E-state index is 0.162. The molecule has 0 spiro atoms. The molecule has 2 aliphatic rings. The van der Waals surface area contributed by atoms with Gasteiger partial charge in [-0.1, -0.05) is 0 Å². The van der Waals surface area contributed by atoms with E-state index in [-0.39, 0.29) is 17.9 Å². The quantitative estimate of drug-likeness (QED) is 0.605. The van der Waals surface area contributed by atoms with E-state index in [4.69, 9.17) is 5.73 Å². The predicted molar refractivity (Wildman–Crippen MR) is 59.7 cm³/mol. The predicted octanol–water partition coefficient (Wildman–Crippen LogP) is -1.01. The SMILES string of the molecule is NC(=O)C1CCN(C(=O)C(=O)NC2CC2)CC1. The molecule has 3 N–H and O–H groups in total. The lowest BCUT2D eigenvalue weighted by Crippen LogP contribution is -2.48. The summed E-state index contributed by atoms with van der Waals surface area (Å²) in [5.74, 6) is -1.49. The minimum atomic E-state index is -0.523. The van der Waals surface area contributed by atoms with Crippen LogP contribution >= 0.6 is 0 Å². The molecule has 6 nitrogen and oxygen atoms in total. The van der Waals surface area contributed by atoms with E-state index < -0.39 is 11.8 Å². The Balaban J connectivity index is 1.80. The standard InChI is InChI=1S/C11H17N3O3/c12-9(15)7-3-5-14(6-4-7)11(17)10(16)13-8-1-2-8/h7-8H,1-6H2,(H2,12,15)(H,13,16). The van der Waals surface area contributed by atoms with E-state index in [0.717, 1.165) is 12.8 Å². The lowest BCUT2D eigenvalue weighted by molar-refractivity contribution is -0.147. The number of piperidine rings is 1. The number of carbonyl (C=O) groups excluding carboxylic acids is 3. The molecule has 17 heavy (non-hydrogen) atoms. The number of amides is 3. The first-order valence-corrected chi connectivity index (χ1v) is 5.97. The molecule has 3 amide bonds. The van der Waals surface area contributed by atoms with Crippen LogP contribution in [0, 0.1) is 5.92 Å². The maximum Gasteiger partial charge on any atom is 0.311 e. The van der Waals surface area contributed by atoms with Crippen molar-refractivity contribution in [1.29, 1.82) is 0 Å². The third kappa shape index (κ3) is 2.95. The van der Waals surface area contributed by atoms with E-state index in [1.807, 2.05) is 0 Å². The van der Waals surface area contributed by atoms with Gasteiger partial charge in [-0.25, -0.2) is 0 Å². The van der Waals surface area contributed by atoms with E-state index in [2.05, 4.69) is 5.32 Å². The molecule has 0 aromatic heterocycles. The summed E-state index contributed by atoms with van der Waals surface area (Å²) in [7, 11) is 0. The van der Waals surface area contributed by atoms with Crippen LogP contribution in [-0.4, -0.2) is 41.8 Å². The highest BCUT2D eigenvalue weighted by molar-refractivity contribution is 6.35. The fourth-order valence-corrected chi connectivity index (χ4v) is 1.99. The summed E-state index contributed by atoms with van der Waals surface area (Å²) in [4.78, 5) is 35.7. The second kappa shape index (κ2) is 4.73. The molecule has 6 heteroatoms. The number of nitrogens with one attached hydrogen (secondary N) is 1. The summed E-state index contributed by atoms with van der Waals surface area (Å²) in [6.07, 6.45) is 3.03. The van der Waals surface area contributed by atoms with Crippen molar-refractivity contribution in [1.82, 2.24) is 10.2 Å². The highest BCUT2D eigenvalue weighted by atomic mass is 16.2. The van der Waals surface area contributed by atoms with Gasteiger partial charge >= 0.3 is 11.8 Å². The van der Waals surface area contributed by atoms with Crippen LogP contribution in [0.5, 0.6) is 0 Å². The van der Waals surface area contributed by atoms with Crippen LogP contribution < -0.4 is 11.1 Å². The lowest BCUT2D eigenvalue weighted by atomic mass is 9.96. The highest BCUT2D eigenvalue weighted by Gasteiger charge is 2.32. The Morgan fingerprint density at radius 2 is 1.65 bits per heavy atom. The van der Waals surface area contributed by atoms with Crippen LogP contribution in [0.2, 0.25) is 0 Å². The van der Waals surface area contributed by atoms with Crippen LogP contribution in [0.15, 0.2) is 0 Å². The Bertz CT molecular complexity index is 344. The second-order valence-electron chi connectivity index (χ2n) is 4.72. The molecule has 0 radical (unpaired) electrons. The summed E-state index contributed by atoms with van der Waals surface area (Å²) >= 11 is 0. The first kappa shape index (κ1) is 11.9. The summed E-state index contributed by atoms with van der Waals surface area (Å²) in [6.45, 7) is 0.870. The summed E-state index contributed by atoms with van der Waals surface area (Å²) in [5.41, 5.74) is 5.20. The molecule has 1 saturated heterocycles. The number of nitrogens with two attached hydrogens (primary N) is 1. The van der Waals surface area contributed by atoms with Crippen molar-refractivity contribution in [2.24, 2.45) is 11.7 Å². The number of hydrogen-bond donors (Lipinski definition) is 2. The third-order valence-corrected chi connectivity index (χ3v) is 3.29. The van der Waals surface area contributed by atoms with Crippen molar-refractivity contribution in [3.63, 3.8) is 0 Å².